The minimum Gasteiger partial charge on any atom is -0.374 e. The maximum atomic E-state index is 13.2. The van der Waals surface area contributed by atoms with E-state index in [0.29, 0.717) is 24.4 Å². The molecule has 1 aliphatic heterocycles. The monoisotopic (exact) mass is 453 g/mol. The molecule has 1 N–H and O–H groups in total. The van der Waals surface area contributed by atoms with Gasteiger partial charge >= 0.3 is 0 Å². The number of ether oxygens (including phenoxy) is 1. The van der Waals surface area contributed by atoms with Gasteiger partial charge in [0.1, 0.15) is 5.69 Å². The van der Waals surface area contributed by atoms with Gasteiger partial charge in [-0.1, -0.05) is 48.5 Å². The Morgan fingerprint density at radius 2 is 1.82 bits per heavy atom. The number of morpholine rings is 1. The number of nitrogens with one attached hydrogen (secondary N) is 1. The molecule has 1 amide bonds. The van der Waals surface area contributed by atoms with E-state index in [-0.39, 0.29) is 12.0 Å². The fraction of sp³-hybridized carbons (Fsp3) is 0.222. The molecule has 1 aliphatic rings. The molecule has 0 spiro atoms. The first-order valence-electron chi connectivity index (χ1n) is 11.5. The second kappa shape index (κ2) is 10.4. The molecule has 1 unspecified atom stereocenters. The summed E-state index contributed by atoms with van der Waals surface area (Å²) in [7, 11) is 0. The largest absolute Gasteiger partial charge is 0.374 e. The van der Waals surface area contributed by atoms with Crippen LogP contribution in [-0.4, -0.2) is 57.9 Å². The molecule has 0 radical (unpaired) electrons. The number of rotatable bonds is 7. The molecule has 0 aliphatic carbocycles. The van der Waals surface area contributed by atoms with Crippen molar-refractivity contribution < 1.29 is 9.53 Å². The molecule has 172 valence electrons. The van der Waals surface area contributed by atoms with E-state index in [1.807, 2.05) is 48.5 Å². The molecule has 7 heteroatoms. The first-order chi connectivity index (χ1) is 16.8. The van der Waals surface area contributed by atoms with Gasteiger partial charge < -0.3 is 10.1 Å². The zero-order chi connectivity index (χ0) is 23.2. The summed E-state index contributed by atoms with van der Waals surface area (Å²) in [6, 6.07) is 23.9. The third kappa shape index (κ3) is 5.22. The highest BCUT2D eigenvalue weighted by molar-refractivity contribution is 5.99. The minimum atomic E-state index is -0.176. The van der Waals surface area contributed by atoms with Gasteiger partial charge in [0.25, 0.3) is 5.91 Å². The topological polar surface area (TPSA) is 72.3 Å². The van der Waals surface area contributed by atoms with Crippen LogP contribution < -0.4 is 5.32 Å². The van der Waals surface area contributed by atoms with Crippen molar-refractivity contribution in [1.82, 2.24) is 25.0 Å². The van der Waals surface area contributed by atoms with Crippen LogP contribution in [0.5, 0.6) is 0 Å². The molecular weight excluding hydrogens is 426 g/mol. The molecule has 3 heterocycles. The average Bonchev–Trinajstić information content (AvgIpc) is 3.35. The lowest BCUT2D eigenvalue weighted by Crippen LogP contribution is -2.47. The van der Waals surface area contributed by atoms with Gasteiger partial charge in [-0.15, -0.1) is 0 Å². The number of nitrogens with zero attached hydrogens (tertiary/aromatic N) is 4. The first kappa shape index (κ1) is 22.0. The summed E-state index contributed by atoms with van der Waals surface area (Å²) in [6.45, 7) is 3.62. The number of pyridine rings is 1. The number of benzene rings is 2. The van der Waals surface area contributed by atoms with Gasteiger partial charge in [0, 0.05) is 50.3 Å². The fourth-order valence-electron chi connectivity index (χ4n) is 4.16. The second-order valence-corrected chi connectivity index (χ2v) is 8.34. The van der Waals surface area contributed by atoms with Crippen LogP contribution in [0, 0.1) is 0 Å². The summed E-state index contributed by atoms with van der Waals surface area (Å²) >= 11 is 0. The predicted molar refractivity (Wildman–Crippen MR) is 131 cm³/mol. The number of carbonyl (C=O) groups excluding carboxylic acids is 1. The SMILES string of the molecule is O=C(NCC1CN(Cc2ccccc2)CCO1)c1cn(-c2ccccc2)nc1-c1cccnc1. The molecule has 5 rings (SSSR count). The Balaban J connectivity index is 1.29. The summed E-state index contributed by atoms with van der Waals surface area (Å²) in [4.78, 5) is 19.8. The van der Waals surface area contributed by atoms with Crippen molar-refractivity contribution in [2.24, 2.45) is 0 Å². The van der Waals surface area contributed by atoms with E-state index in [0.717, 1.165) is 30.9 Å². The number of amides is 1. The highest BCUT2D eigenvalue weighted by atomic mass is 16.5. The zero-order valence-corrected chi connectivity index (χ0v) is 18.9. The van der Waals surface area contributed by atoms with Crippen molar-refractivity contribution in [3.63, 3.8) is 0 Å². The van der Waals surface area contributed by atoms with E-state index < -0.39 is 0 Å². The van der Waals surface area contributed by atoms with Gasteiger partial charge in [-0.25, -0.2) is 4.68 Å². The molecule has 0 saturated carbocycles. The van der Waals surface area contributed by atoms with Crippen molar-refractivity contribution >= 4 is 5.91 Å². The minimum absolute atomic E-state index is 0.0626. The lowest BCUT2D eigenvalue weighted by molar-refractivity contribution is -0.0292. The third-order valence-corrected chi connectivity index (χ3v) is 5.88. The van der Waals surface area contributed by atoms with Gasteiger partial charge in [-0.3, -0.25) is 14.7 Å². The van der Waals surface area contributed by atoms with E-state index >= 15 is 0 Å². The van der Waals surface area contributed by atoms with Crippen LogP contribution in [0.4, 0.5) is 0 Å². The summed E-state index contributed by atoms with van der Waals surface area (Å²) in [5.74, 6) is -0.176. The molecule has 2 aromatic carbocycles. The van der Waals surface area contributed by atoms with Crippen LogP contribution in [0.2, 0.25) is 0 Å². The van der Waals surface area contributed by atoms with Crippen LogP contribution in [0.15, 0.2) is 91.4 Å². The molecule has 1 saturated heterocycles. The Bertz CT molecular complexity index is 1210. The standard InChI is InChI=1S/C27H27N5O2/c33-27(29-17-24-19-31(14-15-34-24)18-21-8-3-1-4-9-21)25-20-32(23-11-5-2-6-12-23)30-26(25)22-10-7-13-28-16-22/h1-13,16,20,24H,14-15,17-19H2,(H,29,33). The Morgan fingerprint density at radius 1 is 1.03 bits per heavy atom. The Hall–Kier alpha value is -3.81. The lowest BCUT2D eigenvalue weighted by Gasteiger charge is -2.33. The Morgan fingerprint density at radius 3 is 2.59 bits per heavy atom. The van der Waals surface area contributed by atoms with E-state index in [1.54, 1.807) is 23.3 Å². The summed E-state index contributed by atoms with van der Waals surface area (Å²) in [6.07, 6.45) is 5.14. The predicted octanol–water partition coefficient (Wildman–Crippen LogP) is 3.57. The summed E-state index contributed by atoms with van der Waals surface area (Å²) in [5, 5.41) is 7.77. The second-order valence-electron chi connectivity index (χ2n) is 8.34. The molecule has 7 nitrogen and oxygen atoms in total. The number of hydrogen-bond acceptors (Lipinski definition) is 5. The molecule has 1 fully saturated rings. The van der Waals surface area contributed by atoms with E-state index in [1.165, 1.54) is 5.56 Å². The van der Waals surface area contributed by atoms with Gasteiger partial charge in [-0.2, -0.15) is 5.10 Å². The zero-order valence-electron chi connectivity index (χ0n) is 18.9. The van der Waals surface area contributed by atoms with Crippen molar-refractivity contribution in [3.8, 4) is 16.9 Å². The summed E-state index contributed by atoms with van der Waals surface area (Å²) in [5.41, 5.74) is 4.07. The van der Waals surface area contributed by atoms with Crippen molar-refractivity contribution in [2.75, 3.05) is 26.2 Å². The maximum absolute atomic E-state index is 13.2. The van der Waals surface area contributed by atoms with Crippen LogP contribution in [-0.2, 0) is 11.3 Å². The molecule has 0 bridgehead atoms. The molecule has 1 atom stereocenters. The Kier molecular flexibility index (Phi) is 6.74. The molecule has 4 aromatic rings. The summed E-state index contributed by atoms with van der Waals surface area (Å²) < 4.78 is 7.67. The van der Waals surface area contributed by atoms with E-state index in [9.17, 15) is 4.79 Å². The van der Waals surface area contributed by atoms with Gasteiger partial charge in [0.05, 0.1) is 24.0 Å². The molecular formula is C27H27N5O2. The highest BCUT2D eigenvalue weighted by Gasteiger charge is 2.23. The van der Waals surface area contributed by atoms with Gasteiger partial charge in [0.2, 0.25) is 0 Å². The maximum Gasteiger partial charge on any atom is 0.255 e. The van der Waals surface area contributed by atoms with E-state index in [4.69, 9.17) is 9.84 Å². The number of carbonyl (C=O) groups is 1. The number of para-hydroxylation sites is 1. The fourth-order valence-corrected chi connectivity index (χ4v) is 4.16. The molecule has 34 heavy (non-hydrogen) atoms. The van der Waals surface area contributed by atoms with Crippen LogP contribution >= 0.6 is 0 Å². The van der Waals surface area contributed by atoms with Crippen molar-refractivity contribution in [2.45, 2.75) is 12.6 Å². The molecule has 2 aromatic heterocycles. The van der Waals surface area contributed by atoms with Gasteiger partial charge in [0.15, 0.2) is 0 Å². The first-order valence-corrected chi connectivity index (χ1v) is 11.5. The average molecular weight is 454 g/mol. The lowest BCUT2D eigenvalue weighted by atomic mass is 10.1. The normalized spacial score (nSPS) is 16.3. The number of aromatic nitrogens is 3. The van der Waals surface area contributed by atoms with Crippen molar-refractivity contribution in [1.29, 1.82) is 0 Å². The van der Waals surface area contributed by atoms with Crippen molar-refractivity contribution in [3.05, 3.63) is 103 Å². The quantitative estimate of drug-likeness (QED) is 0.463. The van der Waals surface area contributed by atoms with Crippen LogP contribution in [0.1, 0.15) is 15.9 Å². The van der Waals surface area contributed by atoms with Crippen LogP contribution in [0.3, 0.4) is 0 Å². The third-order valence-electron chi connectivity index (χ3n) is 5.88. The smallest absolute Gasteiger partial charge is 0.255 e. The van der Waals surface area contributed by atoms with E-state index in [2.05, 4.69) is 39.5 Å². The number of hydrogen-bond donors (Lipinski definition) is 1. The highest BCUT2D eigenvalue weighted by Crippen LogP contribution is 2.23. The van der Waals surface area contributed by atoms with Crippen LogP contribution in [0.25, 0.3) is 16.9 Å². The van der Waals surface area contributed by atoms with Gasteiger partial charge in [-0.05, 0) is 29.8 Å². The Labute approximate surface area is 199 Å².